The first kappa shape index (κ1) is 15.2. The molecule has 21 heavy (non-hydrogen) atoms. The van der Waals surface area contributed by atoms with Gasteiger partial charge in [0.05, 0.1) is 6.54 Å². The van der Waals surface area contributed by atoms with Gasteiger partial charge in [-0.05, 0) is 38.8 Å². The number of hydrogen-bond acceptors (Lipinski definition) is 6. The maximum absolute atomic E-state index is 4.32. The summed E-state index contributed by atoms with van der Waals surface area (Å²) < 4.78 is 0. The van der Waals surface area contributed by atoms with Gasteiger partial charge in [-0.15, -0.1) is 10.2 Å². The van der Waals surface area contributed by atoms with E-state index in [9.17, 15) is 0 Å². The van der Waals surface area contributed by atoms with E-state index in [1.807, 2.05) is 0 Å². The van der Waals surface area contributed by atoms with Crippen LogP contribution in [-0.2, 0) is 6.54 Å². The molecule has 2 fully saturated rings. The van der Waals surface area contributed by atoms with Gasteiger partial charge in [-0.25, -0.2) is 0 Å². The molecule has 1 aromatic rings. The van der Waals surface area contributed by atoms with Crippen molar-refractivity contribution in [3.8, 4) is 0 Å². The van der Waals surface area contributed by atoms with Crippen molar-refractivity contribution in [3.63, 3.8) is 0 Å². The van der Waals surface area contributed by atoms with Crippen LogP contribution in [0, 0.1) is 0 Å². The average molecular weight is 309 g/mol. The highest BCUT2D eigenvalue weighted by atomic mass is 32.1. The summed E-state index contributed by atoms with van der Waals surface area (Å²) in [5, 5.41) is 14.0. The first-order valence-electron chi connectivity index (χ1n) is 8.38. The minimum atomic E-state index is 0.774. The van der Waals surface area contributed by atoms with E-state index in [0.29, 0.717) is 0 Å². The number of nitrogens with one attached hydrogen (secondary N) is 1. The van der Waals surface area contributed by atoms with Gasteiger partial charge in [0, 0.05) is 25.7 Å². The van der Waals surface area contributed by atoms with Crippen LogP contribution in [-0.4, -0.2) is 58.8 Å². The molecule has 118 valence electrons. The molecule has 0 aliphatic carbocycles. The third-order valence-corrected chi connectivity index (χ3v) is 5.37. The molecule has 5 nitrogen and oxygen atoms in total. The molecule has 1 atom stereocenters. The Morgan fingerprint density at radius 1 is 1.19 bits per heavy atom. The Morgan fingerprint density at radius 2 is 2.05 bits per heavy atom. The number of nitrogens with zero attached hydrogens (tertiary/aromatic N) is 4. The van der Waals surface area contributed by atoms with Crippen molar-refractivity contribution in [2.45, 2.75) is 51.6 Å². The number of aromatic nitrogens is 2. The summed E-state index contributed by atoms with van der Waals surface area (Å²) in [6, 6.07) is 0.774. The fraction of sp³-hybridized carbons (Fsp3) is 0.867. The SMILES string of the molecule is CCCNc1nnc(CN2CCC(N3CCCCC3)C2)s1. The second-order valence-corrected chi connectivity index (χ2v) is 7.26. The van der Waals surface area contributed by atoms with Crippen LogP contribution in [0.3, 0.4) is 0 Å². The van der Waals surface area contributed by atoms with Crippen molar-refractivity contribution in [3.05, 3.63) is 5.01 Å². The first-order valence-corrected chi connectivity index (χ1v) is 9.19. The molecule has 6 heteroatoms. The topological polar surface area (TPSA) is 44.3 Å². The highest BCUT2D eigenvalue weighted by molar-refractivity contribution is 7.15. The average Bonchev–Trinajstić information content (AvgIpc) is 3.16. The molecule has 2 aliphatic heterocycles. The smallest absolute Gasteiger partial charge is 0.205 e. The predicted octanol–water partition coefficient (Wildman–Crippen LogP) is 2.42. The Kier molecular flexibility index (Phi) is 5.43. The van der Waals surface area contributed by atoms with Crippen molar-refractivity contribution < 1.29 is 0 Å². The van der Waals surface area contributed by atoms with E-state index in [2.05, 4.69) is 32.2 Å². The molecular weight excluding hydrogens is 282 g/mol. The van der Waals surface area contributed by atoms with Gasteiger partial charge in [0.2, 0.25) is 5.13 Å². The van der Waals surface area contributed by atoms with Gasteiger partial charge in [-0.2, -0.15) is 0 Å². The summed E-state index contributed by atoms with van der Waals surface area (Å²) in [5.74, 6) is 0. The van der Waals surface area contributed by atoms with E-state index >= 15 is 0 Å². The van der Waals surface area contributed by atoms with E-state index in [4.69, 9.17) is 0 Å². The maximum atomic E-state index is 4.32. The van der Waals surface area contributed by atoms with Crippen molar-refractivity contribution in [2.75, 3.05) is 38.0 Å². The molecule has 1 unspecified atom stereocenters. The van der Waals surface area contributed by atoms with Crippen LogP contribution < -0.4 is 5.32 Å². The Hall–Kier alpha value is -0.720. The molecule has 0 aromatic carbocycles. The first-order chi connectivity index (χ1) is 10.3. The van der Waals surface area contributed by atoms with E-state index in [1.54, 1.807) is 11.3 Å². The zero-order chi connectivity index (χ0) is 14.5. The van der Waals surface area contributed by atoms with Crippen LogP contribution in [0.4, 0.5) is 5.13 Å². The molecule has 1 aromatic heterocycles. The highest BCUT2D eigenvalue weighted by Gasteiger charge is 2.28. The van der Waals surface area contributed by atoms with Crippen molar-refractivity contribution in [1.82, 2.24) is 20.0 Å². The van der Waals surface area contributed by atoms with Crippen molar-refractivity contribution >= 4 is 16.5 Å². The van der Waals surface area contributed by atoms with E-state index < -0.39 is 0 Å². The summed E-state index contributed by atoms with van der Waals surface area (Å²) in [4.78, 5) is 5.25. The molecule has 0 bridgehead atoms. The third-order valence-electron chi connectivity index (χ3n) is 4.51. The molecule has 2 aliphatic rings. The zero-order valence-corrected chi connectivity index (χ0v) is 13.9. The van der Waals surface area contributed by atoms with Gasteiger partial charge in [-0.3, -0.25) is 9.80 Å². The van der Waals surface area contributed by atoms with Gasteiger partial charge < -0.3 is 5.32 Å². The van der Waals surface area contributed by atoms with Crippen LogP contribution in [0.5, 0.6) is 0 Å². The van der Waals surface area contributed by atoms with Gasteiger partial charge in [0.15, 0.2) is 0 Å². The van der Waals surface area contributed by atoms with E-state index in [-0.39, 0.29) is 0 Å². The molecule has 2 saturated heterocycles. The lowest BCUT2D eigenvalue weighted by Crippen LogP contribution is -2.40. The fourth-order valence-electron chi connectivity index (χ4n) is 3.35. The standard InChI is InChI=1S/C15H27N5S/c1-2-7-16-15-18-17-14(21-15)12-19-10-6-13(11-19)20-8-4-3-5-9-20/h13H,2-12H2,1H3,(H,16,18). The molecule has 0 radical (unpaired) electrons. The number of likely N-dealkylation sites (tertiary alicyclic amines) is 2. The van der Waals surface area contributed by atoms with Crippen LogP contribution in [0.25, 0.3) is 0 Å². The number of rotatable bonds is 6. The Labute approximate surface area is 131 Å². The molecular formula is C15H27N5S. The Balaban J connectivity index is 1.46. The summed E-state index contributed by atoms with van der Waals surface area (Å²) in [6.45, 7) is 9.14. The predicted molar refractivity (Wildman–Crippen MR) is 87.8 cm³/mol. The monoisotopic (exact) mass is 309 g/mol. The Bertz CT molecular complexity index is 429. The normalized spacial score (nSPS) is 24.5. The molecule has 0 spiro atoms. The summed E-state index contributed by atoms with van der Waals surface area (Å²) in [7, 11) is 0. The van der Waals surface area contributed by atoms with E-state index in [1.165, 1.54) is 51.9 Å². The summed E-state index contributed by atoms with van der Waals surface area (Å²) >= 11 is 1.71. The maximum Gasteiger partial charge on any atom is 0.205 e. The molecule has 3 rings (SSSR count). The number of hydrogen-bond donors (Lipinski definition) is 1. The quantitative estimate of drug-likeness (QED) is 0.874. The second kappa shape index (κ2) is 7.51. The van der Waals surface area contributed by atoms with Gasteiger partial charge >= 0.3 is 0 Å². The highest BCUT2D eigenvalue weighted by Crippen LogP contribution is 2.23. The minimum Gasteiger partial charge on any atom is -0.360 e. The second-order valence-electron chi connectivity index (χ2n) is 6.20. The summed E-state index contributed by atoms with van der Waals surface area (Å²) in [5.41, 5.74) is 0. The minimum absolute atomic E-state index is 0.774. The van der Waals surface area contributed by atoms with Gasteiger partial charge in [-0.1, -0.05) is 24.7 Å². The van der Waals surface area contributed by atoms with Crippen LogP contribution >= 0.6 is 11.3 Å². The van der Waals surface area contributed by atoms with Crippen molar-refractivity contribution in [1.29, 1.82) is 0 Å². The van der Waals surface area contributed by atoms with Crippen molar-refractivity contribution in [2.24, 2.45) is 0 Å². The molecule has 0 saturated carbocycles. The van der Waals surface area contributed by atoms with E-state index in [0.717, 1.165) is 35.7 Å². The largest absolute Gasteiger partial charge is 0.360 e. The zero-order valence-electron chi connectivity index (χ0n) is 13.1. The fourth-order valence-corrected chi connectivity index (χ4v) is 4.16. The molecule has 3 heterocycles. The van der Waals surface area contributed by atoms with Crippen LogP contribution in [0.1, 0.15) is 44.0 Å². The van der Waals surface area contributed by atoms with Gasteiger partial charge in [0.25, 0.3) is 0 Å². The lowest BCUT2D eigenvalue weighted by Gasteiger charge is -2.32. The van der Waals surface area contributed by atoms with Crippen LogP contribution in [0.2, 0.25) is 0 Å². The molecule has 1 N–H and O–H groups in total. The third kappa shape index (κ3) is 4.14. The molecule has 0 amide bonds. The Morgan fingerprint density at radius 3 is 2.86 bits per heavy atom. The van der Waals surface area contributed by atoms with Crippen LogP contribution in [0.15, 0.2) is 0 Å². The number of anilines is 1. The number of piperidine rings is 1. The van der Waals surface area contributed by atoms with Gasteiger partial charge in [0.1, 0.15) is 5.01 Å². The summed E-state index contributed by atoms with van der Waals surface area (Å²) in [6.07, 6.45) is 6.64. The lowest BCUT2D eigenvalue weighted by molar-refractivity contribution is 0.161. The lowest BCUT2D eigenvalue weighted by atomic mass is 10.1.